The molecule has 0 fully saturated rings. The van der Waals surface area contributed by atoms with E-state index in [1.54, 1.807) is 6.92 Å². The lowest BCUT2D eigenvalue weighted by Gasteiger charge is -2.03. The summed E-state index contributed by atoms with van der Waals surface area (Å²) in [6.07, 6.45) is 0.482. The van der Waals surface area contributed by atoms with E-state index in [1.807, 2.05) is 30.3 Å². The minimum absolute atomic E-state index is 0.482. The molecule has 0 aliphatic carbocycles. The molecular weight excluding hydrogens is 155 g/mol. The first-order valence-electron chi connectivity index (χ1n) is 3.93. The average molecular weight is 166 g/mol. The second-order valence-electron chi connectivity index (χ2n) is 2.89. The molecule has 0 aromatic heterocycles. The van der Waals surface area contributed by atoms with Crippen LogP contribution < -0.4 is 0 Å². The molecule has 1 aromatic rings. The van der Waals surface area contributed by atoms with E-state index in [0.717, 1.165) is 5.56 Å². The molecule has 0 saturated heterocycles. The summed E-state index contributed by atoms with van der Waals surface area (Å²) in [7, 11) is 0. The van der Waals surface area contributed by atoms with Crippen molar-refractivity contribution in [2.45, 2.75) is 13.3 Å². The molecule has 0 aliphatic heterocycles. The first kappa shape index (κ1) is 8.91. The normalized spacial score (nSPS) is 12.5. The molecule has 0 saturated carbocycles. The van der Waals surface area contributed by atoms with Crippen molar-refractivity contribution in [1.29, 1.82) is 0 Å². The van der Waals surface area contributed by atoms with E-state index in [-0.39, 0.29) is 0 Å². The molecule has 1 aromatic carbocycles. The first-order valence-corrected chi connectivity index (χ1v) is 3.93. The van der Waals surface area contributed by atoms with Crippen LogP contribution in [0.1, 0.15) is 12.5 Å². The summed E-state index contributed by atoms with van der Waals surface area (Å²) < 4.78 is 12.1. The van der Waals surface area contributed by atoms with Crippen LogP contribution in [0.15, 0.2) is 30.3 Å². The molecule has 64 valence electrons. The zero-order valence-electron chi connectivity index (χ0n) is 6.96. The lowest BCUT2D eigenvalue weighted by Crippen LogP contribution is -2.07. The van der Waals surface area contributed by atoms with E-state index in [2.05, 4.69) is 0 Å². The number of benzene rings is 1. The van der Waals surface area contributed by atoms with Crippen molar-refractivity contribution in [3.63, 3.8) is 0 Å². The van der Waals surface area contributed by atoms with Crippen molar-refractivity contribution in [3.8, 4) is 0 Å². The highest BCUT2D eigenvalue weighted by atomic mass is 19.1. The summed E-state index contributed by atoms with van der Waals surface area (Å²) in [4.78, 5) is 10.3. The van der Waals surface area contributed by atoms with E-state index in [0.29, 0.717) is 6.42 Å². The molecule has 0 bridgehead atoms. The van der Waals surface area contributed by atoms with Crippen molar-refractivity contribution < 1.29 is 9.18 Å². The molecule has 0 spiro atoms. The Bertz CT molecular complexity index is 256. The van der Waals surface area contributed by atoms with Gasteiger partial charge in [-0.15, -0.1) is 0 Å². The SMILES string of the molecule is CC(Cc1ccccc1)C(=O)F. The zero-order valence-corrected chi connectivity index (χ0v) is 6.96. The summed E-state index contributed by atoms with van der Waals surface area (Å²) in [5, 5.41) is 0. The van der Waals surface area contributed by atoms with Crippen LogP contribution in [0, 0.1) is 5.92 Å². The largest absolute Gasteiger partial charge is 0.304 e. The topological polar surface area (TPSA) is 17.1 Å². The maximum atomic E-state index is 12.1. The fourth-order valence-corrected chi connectivity index (χ4v) is 1.05. The van der Waals surface area contributed by atoms with Crippen LogP contribution in [0.3, 0.4) is 0 Å². The quantitative estimate of drug-likeness (QED) is 0.630. The monoisotopic (exact) mass is 166 g/mol. The lowest BCUT2D eigenvalue weighted by atomic mass is 10.0. The zero-order chi connectivity index (χ0) is 8.97. The van der Waals surface area contributed by atoms with Gasteiger partial charge < -0.3 is 0 Å². The molecule has 0 aliphatic rings. The number of rotatable bonds is 3. The van der Waals surface area contributed by atoms with E-state index < -0.39 is 12.0 Å². The van der Waals surface area contributed by atoms with Crippen LogP contribution in [0.25, 0.3) is 0 Å². The Morgan fingerprint density at radius 3 is 2.50 bits per heavy atom. The summed E-state index contributed by atoms with van der Waals surface area (Å²) in [6.45, 7) is 1.59. The third kappa shape index (κ3) is 2.46. The summed E-state index contributed by atoms with van der Waals surface area (Å²) in [6, 6.07) is 8.19. The van der Waals surface area contributed by atoms with Crippen molar-refractivity contribution in [1.82, 2.24) is 0 Å². The highest BCUT2D eigenvalue weighted by molar-refractivity contribution is 5.70. The van der Waals surface area contributed by atoms with Crippen molar-refractivity contribution in [3.05, 3.63) is 35.9 Å². The molecule has 1 rings (SSSR count). The van der Waals surface area contributed by atoms with Gasteiger partial charge in [0.05, 0.1) is 5.92 Å². The van der Waals surface area contributed by atoms with Gasteiger partial charge in [-0.1, -0.05) is 37.3 Å². The van der Waals surface area contributed by atoms with Crippen LogP contribution in [0.5, 0.6) is 0 Å². The van der Waals surface area contributed by atoms with Gasteiger partial charge in [-0.2, -0.15) is 4.39 Å². The molecule has 2 heteroatoms. The summed E-state index contributed by atoms with van der Waals surface area (Å²) in [5.41, 5.74) is 0.996. The second kappa shape index (κ2) is 4.00. The maximum Gasteiger partial charge on any atom is 0.304 e. The van der Waals surface area contributed by atoms with Gasteiger partial charge in [0, 0.05) is 0 Å². The average Bonchev–Trinajstić information content (AvgIpc) is 2.06. The van der Waals surface area contributed by atoms with Gasteiger partial charge in [0.25, 0.3) is 0 Å². The van der Waals surface area contributed by atoms with Crippen LogP contribution in [-0.4, -0.2) is 6.04 Å². The predicted molar refractivity (Wildman–Crippen MR) is 45.4 cm³/mol. The minimum atomic E-state index is -1.24. The van der Waals surface area contributed by atoms with Crippen LogP contribution in [-0.2, 0) is 11.2 Å². The Morgan fingerprint density at radius 2 is 2.00 bits per heavy atom. The number of hydrogen-bond donors (Lipinski definition) is 0. The second-order valence-corrected chi connectivity index (χ2v) is 2.89. The molecule has 0 amide bonds. The fraction of sp³-hybridized carbons (Fsp3) is 0.300. The third-order valence-electron chi connectivity index (χ3n) is 1.77. The summed E-state index contributed by atoms with van der Waals surface area (Å²) in [5.74, 6) is -0.521. The molecule has 1 nitrogen and oxygen atoms in total. The predicted octanol–water partition coefficient (Wildman–Crippen LogP) is 2.36. The summed E-state index contributed by atoms with van der Waals surface area (Å²) >= 11 is 0. The number of carbonyl (C=O) groups excluding carboxylic acids is 1. The van der Waals surface area contributed by atoms with Crippen molar-refractivity contribution in [2.75, 3.05) is 0 Å². The van der Waals surface area contributed by atoms with Crippen LogP contribution >= 0.6 is 0 Å². The Labute approximate surface area is 71.2 Å². The van der Waals surface area contributed by atoms with Gasteiger partial charge in [-0.25, -0.2) is 0 Å². The third-order valence-corrected chi connectivity index (χ3v) is 1.77. The maximum absolute atomic E-state index is 12.1. The molecule has 0 N–H and O–H groups in total. The first-order chi connectivity index (χ1) is 5.70. The van der Waals surface area contributed by atoms with E-state index in [9.17, 15) is 9.18 Å². The standard InChI is InChI=1S/C10H11FO/c1-8(10(11)12)7-9-5-3-2-4-6-9/h2-6,8H,7H2,1H3. The highest BCUT2D eigenvalue weighted by Crippen LogP contribution is 2.09. The molecular formula is C10H11FO. The van der Waals surface area contributed by atoms with Crippen molar-refractivity contribution in [2.24, 2.45) is 5.92 Å². The molecule has 12 heavy (non-hydrogen) atoms. The molecule has 0 heterocycles. The van der Waals surface area contributed by atoms with Gasteiger partial charge in [0.2, 0.25) is 0 Å². The van der Waals surface area contributed by atoms with Crippen LogP contribution in [0.4, 0.5) is 4.39 Å². The lowest BCUT2D eigenvalue weighted by molar-refractivity contribution is -0.132. The Balaban J connectivity index is 2.58. The molecule has 0 radical (unpaired) electrons. The fourth-order valence-electron chi connectivity index (χ4n) is 1.05. The Morgan fingerprint density at radius 1 is 1.42 bits per heavy atom. The number of hydrogen-bond acceptors (Lipinski definition) is 1. The van der Waals surface area contributed by atoms with E-state index >= 15 is 0 Å². The minimum Gasteiger partial charge on any atom is -0.261 e. The Kier molecular flexibility index (Phi) is 2.97. The van der Waals surface area contributed by atoms with E-state index in [1.165, 1.54) is 0 Å². The van der Waals surface area contributed by atoms with Gasteiger partial charge >= 0.3 is 6.04 Å². The van der Waals surface area contributed by atoms with Crippen LogP contribution in [0.2, 0.25) is 0 Å². The number of halogens is 1. The smallest absolute Gasteiger partial charge is 0.261 e. The number of carbonyl (C=O) groups is 1. The van der Waals surface area contributed by atoms with Gasteiger partial charge in [0.1, 0.15) is 0 Å². The van der Waals surface area contributed by atoms with Gasteiger partial charge in [0.15, 0.2) is 0 Å². The highest BCUT2D eigenvalue weighted by Gasteiger charge is 2.11. The van der Waals surface area contributed by atoms with Crippen molar-refractivity contribution >= 4 is 6.04 Å². The molecule has 1 atom stereocenters. The van der Waals surface area contributed by atoms with E-state index in [4.69, 9.17) is 0 Å². The molecule has 1 unspecified atom stereocenters. The Hall–Kier alpha value is -1.18. The van der Waals surface area contributed by atoms with Gasteiger partial charge in [-0.05, 0) is 12.0 Å². The van der Waals surface area contributed by atoms with Gasteiger partial charge in [-0.3, -0.25) is 4.79 Å².